The maximum Gasteiger partial charge on any atom is 0.330 e. The molecule has 1 atom stereocenters. The van der Waals surface area contributed by atoms with E-state index in [1.807, 2.05) is 19.1 Å². The average molecular weight is 293 g/mol. The molecule has 0 spiro atoms. The molecule has 1 N–H and O–H groups in total. The van der Waals surface area contributed by atoms with Gasteiger partial charge in [0, 0.05) is 13.7 Å². The minimum absolute atomic E-state index is 0.296. The molecular weight excluding hydrogens is 266 g/mol. The predicted molar refractivity (Wildman–Crippen MR) is 84.2 cm³/mol. The SMILES string of the molecule is COCCNC(C)(C(=O)OC)c1ccc(CC(C)C)cc1. The Morgan fingerprint density at radius 3 is 2.33 bits per heavy atom. The van der Waals surface area contributed by atoms with Gasteiger partial charge in [0.25, 0.3) is 0 Å². The summed E-state index contributed by atoms with van der Waals surface area (Å²) in [6.07, 6.45) is 1.03. The highest BCUT2D eigenvalue weighted by Gasteiger charge is 2.35. The number of carbonyl (C=O) groups is 1. The molecule has 0 saturated carbocycles. The average Bonchev–Trinajstić information content (AvgIpc) is 2.46. The van der Waals surface area contributed by atoms with Crippen molar-refractivity contribution in [2.24, 2.45) is 5.92 Å². The first-order chi connectivity index (χ1) is 9.93. The molecule has 0 aliphatic carbocycles. The van der Waals surface area contributed by atoms with Gasteiger partial charge in [0.2, 0.25) is 0 Å². The van der Waals surface area contributed by atoms with Crippen LogP contribution in [0.2, 0.25) is 0 Å². The van der Waals surface area contributed by atoms with E-state index in [0.29, 0.717) is 19.1 Å². The van der Waals surface area contributed by atoms with Gasteiger partial charge in [-0.05, 0) is 30.4 Å². The molecule has 4 nitrogen and oxygen atoms in total. The van der Waals surface area contributed by atoms with Crippen molar-refractivity contribution in [1.29, 1.82) is 0 Å². The third-order valence-electron chi connectivity index (χ3n) is 3.55. The summed E-state index contributed by atoms with van der Waals surface area (Å²) >= 11 is 0. The molecule has 1 unspecified atom stereocenters. The van der Waals surface area contributed by atoms with Crippen LogP contribution in [0.1, 0.15) is 31.9 Å². The Bertz CT molecular complexity index is 442. The number of hydrogen-bond acceptors (Lipinski definition) is 4. The normalized spacial score (nSPS) is 14.0. The van der Waals surface area contributed by atoms with Crippen LogP contribution in [0, 0.1) is 5.92 Å². The molecule has 0 radical (unpaired) electrons. The lowest BCUT2D eigenvalue weighted by molar-refractivity contribution is -0.148. The summed E-state index contributed by atoms with van der Waals surface area (Å²) in [6, 6.07) is 8.14. The lowest BCUT2D eigenvalue weighted by Gasteiger charge is -2.28. The molecular formula is C17H27NO3. The molecule has 0 heterocycles. The monoisotopic (exact) mass is 293 g/mol. The summed E-state index contributed by atoms with van der Waals surface area (Å²) < 4.78 is 9.99. The van der Waals surface area contributed by atoms with Gasteiger partial charge in [0.05, 0.1) is 13.7 Å². The van der Waals surface area contributed by atoms with Crippen LogP contribution in [0.15, 0.2) is 24.3 Å². The predicted octanol–water partition coefficient (Wildman–Crippen LogP) is 2.51. The van der Waals surface area contributed by atoms with Crippen LogP contribution < -0.4 is 5.32 Å². The summed E-state index contributed by atoms with van der Waals surface area (Å²) in [7, 11) is 3.05. The molecule has 0 aromatic heterocycles. The Labute approximate surface area is 127 Å². The molecule has 4 heteroatoms. The minimum Gasteiger partial charge on any atom is -0.467 e. The number of carbonyl (C=O) groups excluding carboxylic acids is 1. The van der Waals surface area contributed by atoms with E-state index in [1.165, 1.54) is 12.7 Å². The second-order valence-electron chi connectivity index (χ2n) is 5.83. The Balaban J connectivity index is 2.94. The van der Waals surface area contributed by atoms with E-state index in [0.717, 1.165) is 12.0 Å². The number of rotatable bonds is 8. The van der Waals surface area contributed by atoms with Gasteiger partial charge in [-0.1, -0.05) is 38.1 Å². The van der Waals surface area contributed by atoms with Crippen LogP contribution in [-0.4, -0.2) is 33.3 Å². The van der Waals surface area contributed by atoms with E-state index in [-0.39, 0.29) is 5.97 Å². The second kappa shape index (κ2) is 8.15. The van der Waals surface area contributed by atoms with Crippen molar-refractivity contribution in [3.63, 3.8) is 0 Å². The molecule has 1 aromatic rings. The molecule has 118 valence electrons. The van der Waals surface area contributed by atoms with Crippen molar-refractivity contribution in [3.8, 4) is 0 Å². The summed E-state index contributed by atoms with van der Waals surface area (Å²) in [5.41, 5.74) is 1.32. The smallest absolute Gasteiger partial charge is 0.330 e. The van der Waals surface area contributed by atoms with Gasteiger partial charge >= 0.3 is 5.97 Å². The van der Waals surface area contributed by atoms with Gasteiger partial charge in [0.1, 0.15) is 5.54 Å². The third kappa shape index (κ3) is 4.83. The Hall–Kier alpha value is -1.39. The Morgan fingerprint density at radius 1 is 1.24 bits per heavy atom. The fourth-order valence-electron chi connectivity index (χ4n) is 2.34. The van der Waals surface area contributed by atoms with Crippen molar-refractivity contribution >= 4 is 5.97 Å². The molecule has 0 amide bonds. The first-order valence-electron chi connectivity index (χ1n) is 7.35. The first-order valence-corrected chi connectivity index (χ1v) is 7.35. The summed E-state index contributed by atoms with van der Waals surface area (Å²) in [5, 5.41) is 3.22. The number of ether oxygens (including phenoxy) is 2. The Morgan fingerprint density at radius 2 is 1.86 bits per heavy atom. The number of benzene rings is 1. The fraction of sp³-hybridized carbons (Fsp3) is 0.588. The van der Waals surface area contributed by atoms with Gasteiger partial charge in [-0.25, -0.2) is 4.79 Å². The maximum atomic E-state index is 12.2. The van der Waals surface area contributed by atoms with Gasteiger partial charge < -0.3 is 9.47 Å². The fourth-order valence-corrected chi connectivity index (χ4v) is 2.34. The molecule has 0 aliphatic rings. The standard InChI is InChI=1S/C17H27NO3/c1-13(2)12-14-6-8-15(9-7-14)17(3,16(19)21-5)18-10-11-20-4/h6-9,13,18H,10-12H2,1-5H3. The van der Waals surface area contributed by atoms with E-state index in [1.54, 1.807) is 7.11 Å². The maximum absolute atomic E-state index is 12.2. The van der Waals surface area contributed by atoms with Crippen LogP contribution in [0.3, 0.4) is 0 Å². The molecule has 1 rings (SSSR count). The lowest BCUT2D eigenvalue weighted by Crippen LogP contribution is -2.48. The highest BCUT2D eigenvalue weighted by atomic mass is 16.5. The van der Waals surface area contributed by atoms with Gasteiger partial charge in [0.15, 0.2) is 0 Å². The van der Waals surface area contributed by atoms with Gasteiger partial charge in [-0.15, -0.1) is 0 Å². The molecule has 0 bridgehead atoms. The topological polar surface area (TPSA) is 47.6 Å². The summed E-state index contributed by atoms with van der Waals surface area (Å²) in [5.74, 6) is 0.317. The van der Waals surface area contributed by atoms with Crippen molar-refractivity contribution < 1.29 is 14.3 Å². The molecule has 0 aliphatic heterocycles. The molecule has 1 aromatic carbocycles. The highest BCUT2D eigenvalue weighted by molar-refractivity contribution is 5.82. The lowest BCUT2D eigenvalue weighted by atomic mass is 9.90. The number of nitrogens with one attached hydrogen (secondary N) is 1. The van der Waals surface area contributed by atoms with Crippen molar-refractivity contribution in [3.05, 3.63) is 35.4 Å². The molecule has 0 fully saturated rings. The van der Waals surface area contributed by atoms with Crippen molar-refractivity contribution in [1.82, 2.24) is 5.32 Å². The van der Waals surface area contributed by atoms with Crippen LogP contribution in [-0.2, 0) is 26.2 Å². The first kappa shape index (κ1) is 17.7. The quantitative estimate of drug-likeness (QED) is 0.591. The molecule has 21 heavy (non-hydrogen) atoms. The van der Waals surface area contributed by atoms with Crippen molar-refractivity contribution in [2.75, 3.05) is 27.4 Å². The minimum atomic E-state index is -0.857. The number of esters is 1. The van der Waals surface area contributed by atoms with E-state index < -0.39 is 5.54 Å². The van der Waals surface area contributed by atoms with Crippen LogP contribution in [0.4, 0.5) is 0 Å². The van der Waals surface area contributed by atoms with Gasteiger partial charge in [-0.3, -0.25) is 5.32 Å². The number of methoxy groups -OCH3 is 2. The van der Waals surface area contributed by atoms with Gasteiger partial charge in [-0.2, -0.15) is 0 Å². The van der Waals surface area contributed by atoms with E-state index in [2.05, 4.69) is 31.3 Å². The zero-order valence-electron chi connectivity index (χ0n) is 13.7. The van der Waals surface area contributed by atoms with Crippen LogP contribution in [0.25, 0.3) is 0 Å². The zero-order chi connectivity index (χ0) is 15.9. The summed E-state index contributed by atoms with van der Waals surface area (Å²) in [4.78, 5) is 12.2. The third-order valence-corrected chi connectivity index (χ3v) is 3.55. The molecule has 0 saturated heterocycles. The summed E-state index contributed by atoms with van der Waals surface area (Å²) in [6.45, 7) is 7.34. The second-order valence-corrected chi connectivity index (χ2v) is 5.83. The van der Waals surface area contributed by atoms with Crippen LogP contribution in [0.5, 0.6) is 0 Å². The van der Waals surface area contributed by atoms with E-state index in [9.17, 15) is 4.79 Å². The number of hydrogen-bond donors (Lipinski definition) is 1. The largest absolute Gasteiger partial charge is 0.467 e. The van der Waals surface area contributed by atoms with E-state index in [4.69, 9.17) is 9.47 Å². The van der Waals surface area contributed by atoms with Crippen molar-refractivity contribution in [2.45, 2.75) is 32.7 Å². The van der Waals surface area contributed by atoms with E-state index >= 15 is 0 Å². The zero-order valence-corrected chi connectivity index (χ0v) is 13.7. The van der Waals surface area contributed by atoms with Crippen LogP contribution >= 0.6 is 0 Å². The highest BCUT2D eigenvalue weighted by Crippen LogP contribution is 2.23. The Kier molecular flexibility index (Phi) is 6.85.